The van der Waals surface area contributed by atoms with E-state index in [1.54, 1.807) is 12.1 Å². The molecular formula is C8H12ClNO2S2. The lowest BCUT2D eigenvalue weighted by atomic mass is 10.5. The van der Waals surface area contributed by atoms with Gasteiger partial charge >= 0.3 is 0 Å². The molecule has 0 aliphatic heterocycles. The third-order valence-electron chi connectivity index (χ3n) is 1.58. The lowest BCUT2D eigenvalue weighted by Crippen LogP contribution is -2.23. The monoisotopic (exact) mass is 253 g/mol. The molecule has 0 spiro atoms. The average molecular weight is 254 g/mol. The first-order chi connectivity index (χ1) is 6.60. The lowest BCUT2D eigenvalue weighted by Gasteiger charge is -2.01. The summed E-state index contributed by atoms with van der Waals surface area (Å²) in [6.45, 7) is 2.39. The molecule has 3 nitrogen and oxygen atoms in total. The van der Waals surface area contributed by atoms with Crippen LogP contribution in [-0.4, -0.2) is 15.0 Å². The van der Waals surface area contributed by atoms with Gasteiger partial charge in [-0.05, 0) is 18.6 Å². The molecule has 0 saturated carbocycles. The van der Waals surface area contributed by atoms with Gasteiger partial charge in [0.15, 0.2) is 0 Å². The fourth-order valence-corrected chi connectivity index (χ4v) is 3.52. The Bertz CT molecular complexity index is 386. The van der Waals surface area contributed by atoms with Gasteiger partial charge in [0.1, 0.15) is 4.21 Å². The summed E-state index contributed by atoms with van der Waals surface area (Å²) in [6, 6.07) is 3.32. The van der Waals surface area contributed by atoms with Crippen molar-refractivity contribution in [2.24, 2.45) is 0 Å². The Morgan fingerprint density at radius 3 is 2.71 bits per heavy atom. The van der Waals surface area contributed by atoms with Crippen molar-refractivity contribution in [3.8, 4) is 0 Å². The van der Waals surface area contributed by atoms with E-state index in [4.69, 9.17) is 11.6 Å². The van der Waals surface area contributed by atoms with Gasteiger partial charge in [-0.1, -0.05) is 6.92 Å². The Hall–Kier alpha value is -0.100. The predicted octanol–water partition coefficient (Wildman–Crippen LogP) is 2.18. The Morgan fingerprint density at radius 2 is 2.21 bits per heavy atom. The van der Waals surface area contributed by atoms with Crippen molar-refractivity contribution < 1.29 is 8.42 Å². The van der Waals surface area contributed by atoms with Crippen LogP contribution in [-0.2, 0) is 15.9 Å². The van der Waals surface area contributed by atoms with Gasteiger partial charge in [-0.3, -0.25) is 0 Å². The number of hydrogen-bond donors (Lipinski definition) is 1. The van der Waals surface area contributed by atoms with Crippen LogP contribution in [0.5, 0.6) is 0 Å². The molecule has 0 saturated heterocycles. The zero-order chi connectivity index (χ0) is 10.6. The number of rotatable bonds is 5. The Kier molecular flexibility index (Phi) is 4.37. The van der Waals surface area contributed by atoms with Crippen molar-refractivity contribution in [3.63, 3.8) is 0 Å². The minimum absolute atomic E-state index is 0.335. The normalized spacial score (nSPS) is 11.9. The molecular weight excluding hydrogens is 242 g/mol. The average Bonchev–Trinajstić information content (AvgIpc) is 2.63. The largest absolute Gasteiger partial charge is 0.250 e. The highest BCUT2D eigenvalue weighted by Gasteiger charge is 2.15. The zero-order valence-electron chi connectivity index (χ0n) is 7.79. The highest BCUT2D eigenvalue weighted by molar-refractivity contribution is 7.91. The second-order valence-electron chi connectivity index (χ2n) is 2.75. The molecule has 1 rings (SSSR count). The standard InChI is InChI=1S/C8H12ClNO2S2/c1-2-5-10-14(11,12)8-4-3-7(6-9)13-8/h3-4,10H,2,5-6H2,1H3. The number of alkyl halides is 1. The van der Waals surface area contributed by atoms with Crippen LogP contribution in [0.2, 0.25) is 0 Å². The van der Waals surface area contributed by atoms with Gasteiger partial charge in [-0.2, -0.15) is 0 Å². The first-order valence-electron chi connectivity index (χ1n) is 4.24. The molecule has 0 radical (unpaired) electrons. The van der Waals surface area contributed by atoms with Gasteiger partial charge in [0.2, 0.25) is 10.0 Å². The molecule has 1 aromatic heterocycles. The van der Waals surface area contributed by atoms with E-state index in [0.717, 1.165) is 11.3 Å². The third-order valence-corrected chi connectivity index (χ3v) is 5.06. The minimum Gasteiger partial charge on any atom is -0.210 e. The lowest BCUT2D eigenvalue weighted by molar-refractivity contribution is 0.583. The molecule has 14 heavy (non-hydrogen) atoms. The Labute approximate surface area is 93.1 Å². The second-order valence-corrected chi connectivity index (χ2v) is 6.18. The van der Waals surface area contributed by atoms with E-state index in [-0.39, 0.29) is 0 Å². The summed E-state index contributed by atoms with van der Waals surface area (Å²) in [7, 11) is -3.30. The van der Waals surface area contributed by atoms with E-state index in [1.165, 1.54) is 11.3 Å². The third kappa shape index (κ3) is 2.95. The highest BCUT2D eigenvalue weighted by Crippen LogP contribution is 2.22. The topological polar surface area (TPSA) is 46.2 Å². The fraction of sp³-hybridized carbons (Fsp3) is 0.500. The number of halogens is 1. The van der Waals surface area contributed by atoms with E-state index in [2.05, 4.69) is 4.72 Å². The van der Waals surface area contributed by atoms with E-state index < -0.39 is 10.0 Å². The van der Waals surface area contributed by atoms with Gasteiger partial charge in [0.05, 0.1) is 5.88 Å². The zero-order valence-corrected chi connectivity index (χ0v) is 10.2. The summed E-state index contributed by atoms with van der Waals surface area (Å²) < 4.78 is 26.0. The van der Waals surface area contributed by atoms with Crippen molar-refractivity contribution in [2.45, 2.75) is 23.4 Å². The molecule has 0 amide bonds. The Morgan fingerprint density at radius 1 is 1.50 bits per heavy atom. The SMILES string of the molecule is CCCNS(=O)(=O)c1ccc(CCl)s1. The van der Waals surface area contributed by atoms with Gasteiger partial charge in [0.25, 0.3) is 0 Å². The molecule has 0 aliphatic carbocycles. The quantitative estimate of drug-likeness (QED) is 0.818. The van der Waals surface area contributed by atoms with Crippen LogP contribution in [0.15, 0.2) is 16.3 Å². The summed E-state index contributed by atoms with van der Waals surface area (Å²) in [5.74, 6) is 0.355. The molecule has 1 aromatic rings. The summed E-state index contributed by atoms with van der Waals surface area (Å²) >= 11 is 6.80. The van der Waals surface area contributed by atoms with Gasteiger partial charge in [-0.15, -0.1) is 22.9 Å². The van der Waals surface area contributed by atoms with Crippen LogP contribution < -0.4 is 4.72 Å². The number of sulfonamides is 1. The molecule has 0 atom stereocenters. The maximum absolute atomic E-state index is 11.6. The van der Waals surface area contributed by atoms with Gasteiger partial charge < -0.3 is 0 Å². The smallest absolute Gasteiger partial charge is 0.210 e. The maximum atomic E-state index is 11.6. The van der Waals surface area contributed by atoms with Gasteiger partial charge in [0, 0.05) is 11.4 Å². The van der Waals surface area contributed by atoms with Crippen molar-refractivity contribution in [2.75, 3.05) is 6.54 Å². The first-order valence-corrected chi connectivity index (χ1v) is 7.08. The van der Waals surface area contributed by atoms with Gasteiger partial charge in [-0.25, -0.2) is 13.1 Å². The van der Waals surface area contributed by atoms with E-state index in [1.807, 2.05) is 6.92 Å². The van der Waals surface area contributed by atoms with Crippen LogP contribution in [0.3, 0.4) is 0 Å². The van der Waals surface area contributed by atoms with E-state index in [0.29, 0.717) is 16.6 Å². The van der Waals surface area contributed by atoms with E-state index >= 15 is 0 Å². The Balaban J connectivity index is 2.81. The van der Waals surface area contributed by atoms with Crippen molar-refractivity contribution in [1.82, 2.24) is 4.72 Å². The maximum Gasteiger partial charge on any atom is 0.250 e. The number of thiophene rings is 1. The van der Waals surface area contributed by atoms with Crippen LogP contribution >= 0.6 is 22.9 Å². The molecule has 0 bridgehead atoms. The van der Waals surface area contributed by atoms with Crippen molar-refractivity contribution in [1.29, 1.82) is 0 Å². The van der Waals surface area contributed by atoms with Crippen LogP contribution in [0.25, 0.3) is 0 Å². The van der Waals surface area contributed by atoms with Crippen LogP contribution in [0, 0.1) is 0 Å². The summed E-state index contributed by atoms with van der Waals surface area (Å²) in [5.41, 5.74) is 0. The second kappa shape index (κ2) is 5.11. The van der Waals surface area contributed by atoms with Crippen LogP contribution in [0.4, 0.5) is 0 Å². The summed E-state index contributed by atoms with van der Waals surface area (Å²) in [5, 5.41) is 0. The van der Waals surface area contributed by atoms with Crippen LogP contribution in [0.1, 0.15) is 18.2 Å². The first kappa shape index (κ1) is 12.0. The summed E-state index contributed by atoms with van der Waals surface area (Å²) in [4.78, 5) is 0.864. The molecule has 80 valence electrons. The van der Waals surface area contributed by atoms with Crippen molar-refractivity contribution >= 4 is 33.0 Å². The molecule has 0 unspecified atom stereocenters. The number of nitrogens with one attached hydrogen (secondary N) is 1. The summed E-state index contributed by atoms with van der Waals surface area (Å²) in [6.07, 6.45) is 0.785. The molecule has 0 fully saturated rings. The molecule has 0 aromatic carbocycles. The highest BCUT2D eigenvalue weighted by atomic mass is 35.5. The number of hydrogen-bond acceptors (Lipinski definition) is 3. The predicted molar refractivity (Wildman–Crippen MR) is 59.4 cm³/mol. The molecule has 1 heterocycles. The molecule has 1 N–H and O–H groups in total. The molecule has 6 heteroatoms. The fourth-order valence-electron chi connectivity index (χ4n) is 0.882. The van der Waals surface area contributed by atoms with Crippen molar-refractivity contribution in [3.05, 3.63) is 17.0 Å². The van der Waals surface area contributed by atoms with E-state index in [9.17, 15) is 8.42 Å². The molecule has 0 aliphatic rings. The minimum atomic E-state index is -3.30.